The molecule has 20 heavy (non-hydrogen) atoms. The molecule has 0 aromatic heterocycles. The van der Waals surface area contributed by atoms with Crippen molar-refractivity contribution in [1.29, 1.82) is 0 Å². The topological polar surface area (TPSA) is 21.3 Å². The van der Waals surface area contributed by atoms with Crippen molar-refractivity contribution in [1.82, 2.24) is 5.32 Å². The lowest BCUT2D eigenvalue weighted by Gasteiger charge is -2.14. The van der Waals surface area contributed by atoms with E-state index in [2.05, 4.69) is 5.32 Å². The van der Waals surface area contributed by atoms with E-state index in [4.69, 9.17) is 4.74 Å². The zero-order valence-corrected chi connectivity index (χ0v) is 11.5. The van der Waals surface area contributed by atoms with Gasteiger partial charge in [-0.1, -0.05) is 30.3 Å². The van der Waals surface area contributed by atoms with Gasteiger partial charge in [0.1, 0.15) is 12.4 Å². The van der Waals surface area contributed by atoms with Gasteiger partial charge in [-0.05, 0) is 25.6 Å². The lowest BCUT2D eigenvalue weighted by Crippen LogP contribution is -2.09. The smallest absolute Gasteiger partial charge is 0.165 e. The Balaban J connectivity index is 2.20. The highest BCUT2D eigenvalue weighted by molar-refractivity contribution is 5.41. The van der Waals surface area contributed by atoms with Crippen molar-refractivity contribution in [3.63, 3.8) is 0 Å². The molecule has 2 aromatic rings. The summed E-state index contributed by atoms with van der Waals surface area (Å²) in [5, 5.41) is 3.06. The minimum absolute atomic E-state index is 0.00512. The second-order valence-electron chi connectivity index (χ2n) is 4.60. The van der Waals surface area contributed by atoms with Gasteiger partial charge in [0.15, 0.2) is 11.6 Å². The van der Waals surface area contributed by atoms with Gasteiger partial charge in [-0.3, -0.25) is 0 Å². The fraction of sp³-hybridized carbons (Fsp3) is 0.250. The molecule has 0 saturated heterocycles. The van der Waals surface area contributed by atoms with Crippen LogP contribution in [-0.2, 0) is 13.2 Å². The van der Waals surface area contributed by atoms with Gasteiger partial charge in [0.05, 0.1) is 0 Å². The van der Waals surface area contributed by atoms with Crippen molar-refractivity contribution < 1.29 is 13.5 Å². The Bertz CT molecular complexity index is 599. The Morgan fingerprint density at radius 1 is 1.05 bits per heavy atom. The molecule has 2 nitrogen and oxygen atoms in total. The van der Waals surface area contributed by atoms with Crippen molar-refractivity contribution in [3.8, 4) is 5.75 Å². The predicted molar refractivity (Wildman–Crippen MR) is 74.6 cm³/mol. The number of hydrogen-bond donors (Lipinski definition) is 1. The molecule has 0 saturated carbocycles. The summed E-state index contributed by atoms with van der Waals surface area (Å²) in [5.74, 6) is -0.993. The highest BCUT2D eigenvalue weighted by Gasteiger charge is 2.11. The van der Waals surface area contributed by atoms with Gasteiger partial charge in [-0.2, -0.15) is 0 Å². The van der Waals surface area contributed by atoms with E-state index in [1.54, 1.807) is 0 Å². The van der Waals surface area contributed by atoms with Gasteiger partial charge in [0.2, 0.25) is 0 Å². The van der Waals surface area contributed by atoms with Crippen LogP contribution in [0.2, 0.25) is 0 Å². The minimum Gasteiger partial charge on any atom is -0.488 e. The second kappa shape index (κ2) is 6.48. The van der Waals surface area contributed by atoms with E-state index < -0.39 is 11.6 Å². The molecule has 0 spiro atoms. The number of aryl methyl sites for hydroxylation is 1. The molecule has 0 amide bonds. The molecule has 1 N–H and O–H groups in total. The number of benzene rings is 2. The van der Waals surface area contributed by atoms with E-state index in [0.29, 0.717) is 12.3 Å². The summed E-state index contributed by atoms with van der Waals surface area (Å²) in [7, 11) is 1.85. The lowest BCUT2D eigenvalue weighted by atomic mass is 10.1. The van der Waals surface area contributed by atoms with Crippen LogP contribution in [-0.4, -0.2) is 7.05 Å². The first-order valence-electron chi connectivity index (χ1n) is 6.42. The number of para-hydroxylation sites is 1. The third kappa shape index (κ3) is 3.14. The Morgan fingerprint density at radius 3 is 2.50 bits per heavy atom. The first kappa shape index (κ1) is 14.5. The largest absolute Gasteiger partial charge is 0.488 e. The fourth-order valence-corrected chi connectivity index (χ4v) is 2.06. The first-order chi connectivity index (χ1) is 9.63. The molecule has 0 heterocycles. The number of hydrogen-bond acceptors (Lipinski definition) is 2. The van der Waals surface area contributed by atoms with E-state index in [1.807, 2.05) is 32.2 Å². The zero-order valence-electron chi connectivity index (χ0n) is 11.5. The van der Waals surface area contributed by atoms with E-state index in [9.17, 15) is 8.78 Å². The molecule has 0 radical (unpaired) electrons. The average Bonchev–Trinajstić information content (AvgIpc) is 2.43. The summed E-state index contributed by atoms with van der Waals surface area (Å²) < 4.78 is 32.4. The molecule has 0 unspecified atom stereocenters. The Labute approximate surface area is 117 Å². The molecule has 2 aromatic carbocycles. The van der Waals surface area contributed by atoms with Crippen molar-refractivity contribution in [3.05, 3.63) is 64.7 Å². The quantitative estimate of drug-likeness (QED) is 0.902. The second-order valence-corrected chi connectivity index (χ2v) is 4.60. The van der Waals surface area contributed by atoms with Crippen LogP contribution in [0.1, 0.15) is 16.7 Å². The molecule has 0 aliphatic rings. The van der Waals surface area contributed by atoms with Gasteiger partial charge in [0, 0.05) is 17.7 Å². The van der Waals surface area contributed by atoms with Gasteiger partial charge < -0.3 is 10.1 Å². The Morgan fingerprint density at radius 2 is 1.75 bits per heavy atom. The van der Waals surface area contributed by atoms with Crippen LogP contribution < -0.4 is 10.1 Å². The third-order valence-electron chi connectivity index (χ3n) is 3.06. The maximum Gasteiger partial charge on any atom is 0.165 e. The van der Waals surface area contributed by atoms with E-state index >= 15 is 0 Å². The number of nitrogens with one attached hydrogen (secondary N) is 1. The molecule has 0 aliphatic heterocycles. The number of halogens is 2. The Hall–Kier alpha value is -1.94. The van der Waals surface area contributed by atoms with E-state index in [1.165, 1.54) is 12.1 Å². The normalized spacial score (nSPS) is 10.6. The van der Waals surface area contributed by atoms with Crippen molar-refractivity contribution in [2.24, 2.45) is 0 Å². The molecule has 0 fully saturated rings. The molecule has 4 heteroatoms. The minimum atomic E-state index is -0.855. The van der Waals surface area contributed by atoms with Crippen LogP contribution in [0.5, 0.6) is 5.75 Å². The SMILES string of the molecule is CNCc1cccc(C)c1OCc1cccc(F)c1F. The summed E-state index contributed by atoms with van der Waals surface area (Å²) in [6, 6.07) is 9.91. The maximum atomic E-state index is 13.6. The van der Waals surface area contributed by atoms with Crippen LogP contribution in [0.3, 0.4) is 0 Å². The zero-order chi connectivity index (χ0) is 14.5. The average molecular weight is 277 g/mol. The molecule has 106 valence electrons. The van der Waals surface area contributed by atoms with Crippen LogP contribution in [0.15, 0.2) is 36.4 Å². The molecular weight excluding hydrogens is 260 g/mol. The summed E-state index contributed by atoms with van der Waals surface area (Å²) in [6.07, 6.45) is 0. The highest BCUT2D eigenvalue weighted by atomic mass is 19.2. The van der Waals surface area contributed by atoms with Gasteiger partial charge in [-0.15, -0.1) is 0 Å². The number of rotatable bonds is 5. The maximum absolute atomic E-state index is 13.6. The fourth-order valence-electron chi connectivity index (χ4n) is 2.06. The van der Waals surface area contributed by atoms with Crippen molar-refractivity contribution >= 4 is 0 Å². The molecule has 2 rings (SSSR count). The van der Waals surface area contributed by atoms with Gasteiger partial charge in [-0.25, -0.2) is 8.78 Å². The summed E-state index contributed by atoms with van der Waals surface area (Å²) in [4.78, 5) is 0. The van der Waals surface area contributed by atoms with E-state index in [-0.39, 0.29) is 12.2 Å². The van der Waals surface area contributed by atoms with Crippen LogP contribution in [0, 0.1) is 18.6 Å². The van der Waals surface area contributed by atoms with Gasteiger partial charge in [0.25, 0.3) is 0 Å². The van der Waals surface area contributed by atoms with Gasteiger partial charge >= 0.3 is 0 Å². The molecular formula is C16H17F2NO. The first-order valence-corrected chi connectivity index (χ1v) is 6.42. The van der Waals surface area contributed by atoms with Crippen LogP contribution >= 0.6 is 0 Å². The monoisotopic (exact) mass is 277 g/mol. The lowest BCUT2D eigenvalue weighted by molar-refractivity contribution is 0.291. The molecule has 0 atom stereocenters. The summed E-state index contributed by atoms with van der Waals surface area (Å²) in [6.45, 7) is 2.59. The molecule has 0 bridgehead atoms. The van der Waals surface area contributed by atoms with Crippen molar-refractivity contribution in [2.75, 3.05) is 7.05 Å². The summed E-state index contributed by atoms with van der Waals surface area (Å²) >= 11 is 0. The van der Waals surface area contributed by atoms with E-state index in [0.717, 1.165) is 17.2 Å². The summed E-state index contributed by atoms with van der Waals surface area (Å²) in [5.41, 5.74) is 2.17. The standard InChI is InChI=1S/C16H17F2NO/c1-11-5-3-6-12(9-19-2)16(11)20-10-13-7-4-8-14(17)15(13)18/h3-8,19H,9-10H2,1-2H3. The third-order valence-corrected chi connectivity index (χ3v) is 3.06. The number of ether oxygens (including phenoxy) is 1. The molecule has 0 aliphatic carbocycles. The van der Waals surface area contributed by atoms with Crippen molar-refractivity contribution in [2.45, 2.75) is 20.1 Å². The predicted octanol–water partition coefficient (Wildman–Crippen LogP) is 3.57. The Kier molecular flexibility index (Phi) is 4.69. The van der Waals surface area contributed by atoms with Crippen LogP contribution in [0.4, 0.5) is 8.78 Å². The highest BCUT2D eigenvalue weighted by Crippen LogP contribution is 2.25. The van der Waals surface area contributed by atoms with Crippen LogP contribution in [0.25, 0.3) is 0 Å².